The number of carbonyl (C=O) groups excluding carboxylic acids is 2. The summed E-state index contributed by atoms with van der Waals surface area (Å²) in [6.45, 7) is 6.37. The number of aryl methyl sites for hydroxylation is 2. The predicted molar refractivity (Wildman–Crippen MR) is 140 cm³/mol. The average molecular weight is 495 g/mol. The molecule has 5 aromatic rings. The first-order valence-electron chi connectivity index (χ1n) is 11.9. The number of nitrogens with zero attached hydrogens (tertiary/aromatic N) is 7. The van der Waals surface area contributed by atoms with Gasteiger partial charge in [-0.3, -0.25) is 9.59 Å². The molecule has 0 aliphatic carbocycles. The van der Waals surface area contributed by atoms with Crippen LogP contribution in [0.2, 0.25) is 0 Å². The molecule has 0 radical (unpaired) electrons. The van der Waals surface area contributed by atoms with E-state index in [-0.39, 0.29) is 11.8 Å². The maximum Gasteiger partial charge on any atom is 0.261 e. The largest absolute Gasteiger partial charge is 0.342 e. The van der Waals surface area contributed by atoms with Gasteiger partial charge in [0.2, 0.25) is 0 Å². The van der Waals surface area contributed by atoms with Gasteiger partial charge in [-0.05, 0) is 57.2 Å². The molecular weight excluding hydrogens is 468 g/mol. The van der Waals surface area contributed by atoms with Crippen molar-refractivity contribution in [1.29, 1.82) is 0 Å². The lowest BCUT2D eigenvalue weighted by molar-refractivity contribution is 0.0802. The molecule has 3 aromatic heterocycles. The molecule has 5 rings (SSSR count). The number of carbonyl (C=O) groups is 2. The molecule has 0 spiro atoms. The highest BCUT2D eigenvalue weighted by molar-refractivity contribution is 6.08. The van der Waals surface area contributed by atoms with Crippen molar-refractivity contribution >= 4 is 23.1 Å². The fraction of sp³-hybridized carbons (Fsp3) is 0.185. The van der Waals surface area contributed by atoms with Gasteiger partial charge in [-0.2, -0.15) is 5.10 Å². The highest BCUT2D eigenvalue weighted by atomic mass is 16.2. The topological polar surface area (TPSA) is 110 Å². The van der Waals surface area contributed by atoms with Gasteiger partial charge in [0.05, 0.1) is 18.1 Å². The molecule has 0 atom stereocenters. The van der Waals surface area contributed by atoms with Gasteiger partial charge in [0.25, 0.3) is 11.8 Å². The van der Waals surface area contributed by atoms with E-state index in [1.54, 1.807) is 39.5 Å². The van der Waals surface area contributed by atoms with Gasteiger partial charge >= 0.3 is 0 Å². The smallest absolute Gasteiger partial charge is 0.261 e. The molecule has 0 saturated carbocycles. The quantitative estimate of drug-likeness (QED) is 0.383. The van der Waals surface area contributed by atoms with E-state index in [4.69, 9.17) is 0 Å². The van der Waals surface area contributed by atoms with Crippen LogP contribution in [0.3, 0.4) is 0 Å². The molecule has 0 fully saturated rings. The molecule has 0 aliphatic rings. The highest BCUT2D eigenvalue weighted by Crippen LogP contribution is 2.22. The van der Waals surface area contributed by atoms with Crippen molar-refractivity contribution < 1.29 is 9.59 Å². The van der Waals surface area contributed by atoms with Crippen LogP contribution in [0.1, 0.15) is 39.0 Å². The first kappa shape index (κ1) is 23.9. The second-order valence-corrected chi connectivity index (χ2v) is 8.78. The lowest BCUT2D eigenvalue weighted by atomic mass is 10.1. The van der Waals surface area contributed by atoms with Gasteiger partial charge in [0.1, 0.15) is 11.3 Å². The number of hydrogen-bond acceptors (Lipinski definition) is 6. The zero-order valence-corrected chi connectivity index (χ0v) is 21.0. The summed E-state index contributed by atoms with van der Waals surface area (Å²) in [6, 6.07) is 16.5. The molecule has 10 nitrogen and oxygen atoms in total. The predicted octanol–water partition coefficient (Wildman–Crippen LogP) is 3.94. The first-order valence-corrected chi connectivity index (χ1v) is 11.9. The average Bonchev–Trinajstić information content (AvgIpc) is 3.56. The third-order valence-electron chi connectivity index (χ3n) is 6.13. The minimum atomic E-state index is -0.283. The Kier molecular flexibility index (Phi) is 6.22. The molecule has 2 aromatic carbocycles. The van der Waals surface area contributed by atoms with Gasteiger partial charge in [-0.15, -0.1) is 5.10 Å². The van der Waals surface area contributed by atoms with Crippen molar-refractivity contribution in [2.24, 2.45) is 0 Å². The van der Waals surface area contributed by atoms with E-state index in [0.29, 0.717) is 34.7 Å². The minimum Gasteiger partial charge on any atom is -0.342 e. The molecule has 0 bridgehead atoms. The summed E-state index contributed by atoms with van der Waals surface area (Å²) in [7, 11) is 1.77. The van der Waals surface area contributed by atoms with Crippen LogP contribution in [0, 0.1) is 13.8 Å². The number of rotatable bonds is 6. The summed E-state index contributed by atoms with van der Waals surface area (Å²) >= 11 is 0. The summed E-state index contributed by atoms with van der Waals surface area (Å²) in [5.74, 6) is -0.332. The Morgan fingerprint density at radius 1 is 1.05 bits per heavy atom. The highest BCUT2D eigenvalue weighted by Gasteiger charge is 2.16. The third-order valence-corrected chi connectivity index (χ3v) is 6.13. The number of aromatic nitrogens is 6. The Hall–Kier alpha value is -4.86. The fourth-order valence-corrected chi connectivity index (χ4v) is 4.02. The molecule has 2 amide bonds. The van der Waals surface area contributed by atoms with E-state index in [9.17, 15) is 9.59 Å². The van der Waals surface area contributed by atoms with Crippen molar-refractivity contribution in [1.82, 2.24) is 34.5 Å². The van der Waals surface area contributed by atoms with Gasteiger partial charge in [0, 0.05) is 41.8 Å². The lowest BCUT2D eigenvalue weighted by Crippen LogP contribution is -2.26. The van der Waals surface area contributed by atoms with E-state index in [0.717, 1.165) is 22.6 Å². The van der Waals surface area contributed by atoms with Crippen molar-refractivity contribution in [2.75, 3.05) is 18.9 Å². The fourth-order valence-electron chi connectivity index (χ4n) is 4.02. The van der Waals surface area contributed by atoms with Crippen molar-refractivity contribution in [3.05, 3.63) is 89.5 Å². The van der Waals surface area contributed by atoms with E-state index in [2.05, 4.69) is 25.7 Å². The lowest BCUT2D eigenvalue weighted by Gasteiger charge is -2.14. The molecule has 10 heteroatoms. The molecule has 0 aliphatic heterocycles. The Labute approximate surface area is 213 Å². The van der Waals surface area contributed by atoms with Crippen LogP contribution in [0.4, 0.5) is 5.69 Å². The van der Waals surface area contributed by atoms with Crippen molar-refractivity contribution in [2.45, 2.75) is 20.8 Å². The number of amides is 2. The molecule has 186 valence electrons. The maximum absolute atomic E-state index is 12.9. The number of benzene rings is 2. The van der Waals surface area contributed by atoms with Crippen LogP contribution >= 0.6 is 0 Å². The Bertz CT molecular complexity index is 1620. The van der Waals surface area contributed by atoms with Crippen LogP contribution in [0.25, 0.3) is 22.6 Å². The van der Waals surface area contributed by atoms with Crippen LogP contribution in [-0.4, -0.2) is 59.9 Å². The van der Waals surface area contributed by atoms with Crippen molar-refractivity contribution in [3.8, 4) is 16.9 Å². The molecular formula is C27H26N8O2. The summed E-state index contributed by atoms with van der Waals surface area (Å²) in [5.41, 5.74) is 6.13. The second kappa shape index (κ2) is 9.65. The van der Waals surface area contributed by atoms with Crippen LogP contribution in [-0.2, 0) is 0 Å². The van der Waals surface area contributed by atoms with E-state index in [1.807, 2.05) is 63.2 Å². The van der Waals surface area contributed by atoms with E-state index in [1.165, 1.54) is 6.20 Å². The number of hydrogen-bond donors (Lipinski definition) is 1. The van der Waals surface area contributed by atoms with Crippen molar-refractivity contribution in [3.63, 3.8) is 0 Å². The van der Waals surface area contributed by atoms with Gasteiger partial charge in [-0.1, -0.05) is 23.4 Å². The zero-order valence-electron chi connectivity index (χ0n) is 21.0. The Morgan fingerprint density at radius 3 is 2.59 bits per heavy atom. The normalized spacial score (nSPS) is 11.0. The minimum absolute atomic E-state index is 0.0486. The Balaban J connectivity index is 1.32. The SMILES string of the molecule is CCN(C)C(=O)c1cccc(-n2cc(-c3ccc(NC(=O)c4cnn5c(C)cc(C)nc45)cc3)nn2)c1. The molecule has 37 heavy (non-hydrogen) atoms. The van der Waals surface area contributed by atoms with Gasteiger partial charge in [-0.25, -0.2) is 14.2 Å². The maximum atomic E-state index is 12.9. The first-order chi connectivity index (χ1) is 17.8. The molecule has 0 saturated heterocycles. The van der Waals surface area contributed by atoms with Crippen LogP contribution < -0.4 is 5.32 Å². The summed E-state index contributed by atoms with van der Waals surface area (Å²) in [4.78, 5) is 31.5. The number of fused-ring (bicyclic) bond motifs is 1. The van der Waals surface area contributed by atoms with Crippen LogP contribution in [0.5, 0.6) is 0 Å². The number of nitrogens with one attached hydrogen (secondary N) is 1. The third kappa shape index (κ3) is 4.68. The zero-order chi connectivity index (χ0) is 26.1. The van der Waals surface area contributed by atoms with E-state index >= 15 is 0 Å². The monoisotopic (exact) mass is 494 g/mol. The molecule has 1 N–H and O–H groups in total. The summed E-state index contributed by atoms with van der Waals surface area (Å²) in [5, 5.41) is 15.7. The summed E-state index contributed by atoms with van der Waals surface area (Å²) in [6.07, 6.45) is 3.33. The molecule has 0 unspecified atom stereocenters. The number of anilines is 1. The standard InChI is InChI=1S/C27H26N8O2/c1-5-33(4)27(37)20-7-6-8-22(14-20)34-16-24(31-32-34)19-9-11-21(12-10-19)30-26(36)23-15-28-35-18(3)13-17(2)29-25(23)35/h6-16H,5H2,1-4H3,(H,30,36). The second-order valence-electron chi connectivity index (χ2n) is 8.78. The molecule has 3 heterocycles. The van der Waals surface area contributed by atoms with Crippen LogP contribution in [0.15, 0.2) is 67.0 Å². The van der Waals surface area contributed by atoms with Gasteiger partial charge in [0.15, 0.2) is 5.65 Å². The Morgan fingerprint density at radius 2 is 1.84 bits per heavy atom. The van der Waals surface area contributed by atoms with E-state index < -0.39 is 0 Å². The van der Waals surface area contributed by atoms with Gasteiger partial charge < -0.3 is 10.2 Å². The summed E-state index contributed by atoms with van der Waals surface area (Å²) < 4.78 is 3.29.